The Balaban J connectivity index is 0.00000108. The third-order valence-electron chi connectivity index (χ3n) is 3.96. The molecule has 0 saturated carbocycles. The molecule has 1 aromatic carbocycles. The third-order valence-corrected chi connectivity index (χ3v) is 4.48. The Hall–Kier alpha value is -0.280. The molecule has 2 heterocycles. The second kappa shape index (κ2) is 4.43. The van der Waals surface area contributed by atoms with Crippen LogP contribution in [0.5, 0.6) is 0 Å². The van der Waals surface area contributed by atoms with Crippen LogP contribution in [0.2, 0.25) is 5.02 Å². The van der Waals surface area contributed by atoms with Crippen LogP contribution in [0.1, 0.15) is 29.5 Å². The number of benzene rings is 1. The smallest absolute Gasteiger partial charge is 0.0863 e. The summed E-state index contributed by atoms with van der Waals surface area (Å²) >= 11 is 6.35. The lowest BCUT2D eigenvalue weighted by Gasteiger charge is -2.37. The summed E-state index contributed by atoms with van der Waals surface area (Å²) in [6.45, 7) is 6.80. The van der Waals surface area contributed by atoms with E-state index in [4.69, 9.17) is 16.3 Å². The number of nitrogens with one attached hydrogen (secondary N) is 1. The summed E-state index contributed by atoms with van der Waals surface area (Å²) in [4.78, 5) is 0. The van der Waals surface area contributed by atoms with Gasteiger partial charge in [0.25, 0.3) is 0 Å². The van der Waals surface area contributed by atoms with Gasteiger partial charge < -0.3 is 10.1 Å². The van der Waals surface area contributed by atoms with Crippen LogP contribution in [0.15, 0.2) is 12.1 Å². The maximum Gasteiger partial charge on any atom is 0.0863 e. The Bertz CT molecular complexity index is 449. The molecule has 0 spiro atoms. The molecular formula is C13H17Cl2NO. The summed E-state index contributed by atoms with van der Waals surface area (Å²) in [6.07, 6.45) is 0. The molecule has 3 rings (SSSR count). The summed E-state index contributed by atoms with van der Waals surface area (Å²) in [5, 5.41) is 4.29. The lowest BCUT2D eigenvalue weighted by molar-refractivity contribution is -0.0517. The zero-order valence-corrected chi connectivity index (χ0v) is 11.6. The van der Waals surface area contributed by atoms with E-state index in [2.05, 4.69) is 24.4 Å². The van der Waals surface area contributed by atoms with E-state index in [9.17, 15) is 0 Å². The van der Waals surface area contributed by atoms with Gasteiger partial charge >= 0.3 is 0 Å². The van der Waals surface area contributed by atoms with Crippen molar-refractivity contribution in [2.45, 2.75) is 32.0 Å². The van der Waals surface area contributed by atoms with E-state index in [0.717, 1.165) is 23.7 Å². The molecule has 0 amide bonds. The van der Waals surface area contributed by atoms with Gasteiger partial charge in [-0.15, -0.1) is 12.4 Å². The zero-order chi connectivity index (χ0) is 11.3. The third kappa shape index (κ3) is 1.88. The van der Waals surface area contributed by atoms with E-state index in [0.29, 0.717) is 12.5 Å². The van der Waals surface area contributed by atoms with Crippen molar-refractivity contribution in [2.24, 2.45) is 0 Å². The van der Waals surface area contributed by atoms with Crippen LogP contribution in [0, 0.1) is 6.92 Å². The molecule has 0 aliphatic carbocycles. The van der Waals surface area contributed by atoms with Crippen LogP contribution in [0.3, 0.4) is 0 Å². The van der Waals surface area contributed by atoms with Crippen molar-refractivity contribution in [1.29, 1.82) is 0 Å². The number of halogens is 2. The molecule has 0 aromatic heterocycles. The van der Waals surface area contributed by atoms with Crippen LogP contribution < -0.4 is 5.32 Å². The van der Waals surface area contributed by atoms with E-state index in [-0.39, 0.29) is 18.0 Å². The Morgan fingerprint density at radius 1 is 1.47 bits per heavy atom. The van der Waals surface area contributed by atoms with E-state index in [1.165, 1.54) is 11.1 Å². The standard InChI is InChI=1S/C13H16ClNO.ClH/c1-8-3-4-9-10(12(8)14)6-16-13(2)7-15-5-11(9)13;/h3-4,11,15H,5-7H2,1-2H3;1H/t11-,13-;/m0./s1. The SMILES string of the molecule is Cc1ccc2c(c1Cl)CO[C@@]1(C)CNC[C@@H]21.Cl. The number of hydrogen-bond donors (Lipinski definition) is 1. The Morgan fingerprint density at radius 3 is 3.00 bits per heavy atom. The van der Waals surface area contributed by atoms with Crippen molar-refractivity contribution in [3.63, 3.8) is 0 Å². The van der Waals surface area contributed by atoms with Gasteiger partial charge in [0.2, 0.25) is 0 Å². The minimum absolute atomic E-state index is 0. The lowest BCUT2D eigenvalue weighted by Crippen LogP contribution is -2.39. The molecule has 0 unspecified atom stereocenters. The first-order chi connectivity index (χ1) is 7.62. The fourth-order valence-electron chi connectivity index (χ4n) is 2.86. The van der Waals surface area contributed by atoms with Crippen molar-refractivity contribution >= 4 is 24.0 Å². The normalized spacial score (nSPS) is 30.4. The molecule has 1 saturated heterocycles. The molecule has 0 radical (unpaired) electrons. The molecule has 94 valence electrons. The van der Waals surface area contributed by atoms with Gasteiger partial charge in [-0.2, -0.15) is 0 Å². The molecule has 1 aromatic rings. The summed E-state index contributed by atoms with van der Waals surface area (Å²) in [5.41, 5.74) is 3.65. The van der Waals surface area contributed by atoms with Gasteiger partial charge in [-0.25, -0.2) is 0 Å². The number of hydrogen-bond acceptors (Lipinski definition) is 2. The summed E-state index contributed by atoms with van der Waals surface area (Å²) in [7, 11) is 0. The molecule has 0 bridgehead atoms. The largest absolute Gasteiger partial charge is 0.369 e. The maximum absolute atomic E-state index is 6.35. The molecule has 2 atom stereocenters. The minimum atomic E-state index is -0.0500. The fourth-order valence-corrected chi connectivity index (χ4v) is 3.08. The van der Waals surface area contributed by atoms with Gasteiger partial charge in [-0.1, -0.05) is 23.7 Å². The van der Waals surface area contributed by atoms with Crippen molar-refractivity contribution in [3.05, 3.63) is 33.8 Å². The van der Waals surface area contributed by atoms with E-state index in [1.54, 1.807) is 0 Å². The first-order valence-electron chi connectivity index (χ1n) is 5.74. The van der Waals surface area contributed by atoms with Crippen LogP contribution in [0.4, 0.5) is 0 Å². The van der Waals surface area contributed by atoms with Crippen molar-refractivity contribution in [1.82, 2.24) is 5.32 Å². The molecule has 17 heavy (non-hydrogen) atoms. The molecule has 1 N–H and O–H groups in total. The van der Waals surface area contributed by atoms with Gasteiger partial charge in [0.1, 0.15) is 0 Å². The predicted octanol–water partition coefficient (Wildman–Crippen LogP) is 3.05. The van der Waals surface area contributed by atoms with E-state index < -0.39 is 0 Å². The van der Waals surface area contributed by atoms with Gasteiger partial charge in [-0.05, 0) is 25.0 Å². The highest BCUT2D eigenvalue weighted by atomic mass is 35.5. The minimum Gasteiger partial charge on any atom is -0.369 e. The molecule has 2 aliphatic heterocycles. The first kappa shape index (κ1) is 13.2. The van der Waals surface area contributed by atoms with Crippen molar-refractivity contribution < 1.29 is 4.74 Å². The summed E-state index contributed by atoms with van der Waals surface area (Å²) < 4.78 is 6.00. The highest BCUT2D eigenvalue weighted by molar-refractivity contribution is 6.32. The lowest BCUT2D eigenvalue weighted by atomic mass is 9.81. The number of aryl methyl sites for hydroxylation is 1. The quantitative estimate of drug-likeness (QED) is 0.785. The Kier molecular flexibility index (Phi) is 3.43. The highest BCUT2D eigenvalue weighted by Crippen LogP contribution is 2.43. The second-order valence-corrected chi connectivity index (χ2v) is 5.43. The van der Waals surface area contributed by atoms with Crippen LogP contribution in [-0.4, -0.2) is 18.7 Å². The fraction of sp³-hybridized carbons (Fsp3) is 0.538. The average Bonchev–Trinajstić information content (AvgIpc) is 2.65. The van der Waals surface area contributed by atoms with Crippen molar-refractivity contribution in [3.8, 4) is 0 Å². The van der Waals surface area contributed by atoms with E-state index >= 15 is 0 Å². The topological polar surface area (TPSA) is 21.3 Å². The molecular weight excluding hydrogens is 257 g/mol. The molecule has 1 fully saturated rings. The Morgan fingerprint density at radius 2 is 2.24 bits per heavy atom. The van der Waals surface area contributed by atoms with Gasteiger partial charge in [0.15, 0.2) is 0 Å². The second-order valence-electron chi connectivity index (χ2n) is 5.05. The summed E-state index contributed by atoms with van der Waals surface area (Å²) in [5.74, 6) is 0.439. The van der Waals surface area contributed by atoms with Gasteiger partial charge in [0.05, 0.1) is 12.2 Å². The predicted molar refractivity (Wildman–Crippen MR) is 72.2 cm³/mol. The molecule has 2 nitrogen and oxygen atoms in total. The number of rotatable bonds is 0. The molecule has 2 aliphatic rings. The van der Waals surface area contributed by atoms with Gasteiger partial charge in [-0.3, -0.25) is 0 Å². The Labute approximate surface area is 113 Å². The van der Waals surface area contributed by atoms with Crippen LogP contribution in [-0.2, 0) is 11.3 Å². The first-order valence-corrected chi connectivity index (χ1v) is 6.12. The maximum atomic E-state index is 6.35. The zero-order valence-electron chi connectivity index (χ0n) is 10.0. The van der Waals surface area contributed by atoms with Crippen LogP contribution >= 0.6 is 24.0 Å². The molecule has 4 heteroatoms. The monoisotopic (exact) mass is 273 g/mol. The van der Waals surface area contributed by atoms with E-state index in [1.807, 2.05) is 6.92 Å². The van der Waals surface area contributed by atoms with Crippen LogP contribution in [0.25, 0.3) is 0 Å². The van der Waals surface area contributed by atoms with Crippen molar-refractivity contribution in [2.75, 3.05) is 13.1 Å². The highest BCUT2D eigenvalue weighted by Gasteiger charge is 2.44. The average molecular weight is 274 g/mol. The number of fused-ring (bicyclic) bond motifs is 3. The number of ether oxygens (including phenoxy) is 1. The van der Waals surface area contributed by atoms with Gasteiger partial charge in [0, 0.05) is 29.6 Å². The summed E-state index contributed by atoms with van der Waals surface area (Å²) in [6, 6.07) is 4.33.